The molecular weight excluding hydrogens is 375 g/mol. The maximum atomic E-state index is 13.0. The Morgan fingerprint density at radius 1 is 1.28 bits per heavy atom. The van der Waals surface area contributed by atoms with Gasteiger partial charge in [0.15, 0.2) is 5.16 Å². The van der Waals surface area contributed by atoms with Crippen LogP contribution in [0.2, 0.25) is 5.02 Å². The molecule has 0 aliphatic rings. The minimum atomic E-state index is -4.61. The smallest absolute Gasteiger partial charge is 0.325 e. The SMILES string of the molecule is O=C(CSc1ncc2ccccn12)Nc1ccc(Cl)cc1C(F)(F)F. The van der Waals surface area contributed by atoms with Gasteiger partial charge in [-0.15, -0.1) is 0 Å². The van der Waals surface area contributed by atoms with E-state index in [9.17, 15) is 18.0 Å². The van der Waals surface area contributed by atoms with Crippen LogP contribution in [0.3, 0.4) is 0 Å². The molecule has 2 heterocycles. The normalized spacial score (nSPS) is 11.7. The fourth-order valence-electron chi connectivity index (χ4n) is 2.20. The van der Waals surface area contributed by atoms with Crippen LogP contribution >= 0.6 is 23.4 Å². The molecule has 1 N–H and O–H groups in total. The van der Waals surface area contributed by atoms with Crippen molar-refractivity contribution in [3.8, 4) is 0 Å². The Morgan fingerprint density at radius 2 is 2.08 bits per heavy atom. The highest BCUT2D eigenvalue weighted by Gasteiger charge is 2.34. The Kier molecular flexibility index (Phi) is 4.91. The van der Waals surface area contributed by atoms with Crippen molar-refractivity contribution < 1.29 is 18.0 Å². The van der Waals surface area contributed by atoms with Gasteiger partial charge in [-0.05, 0) is 30.3 Å². The summed E-state index contributed by atoms with van der Waals surface area (Å²) in [6, 6.07) is 8.76. The molecule has 0 unspecified atom stereocenters. The van der Waals surface area contributed by atoms with Crippen molar-refractivity contribution in [3.05, 3.63) is 59.4 Å². The lowest BCUT2D eigenvalue weighted by atomic mass is 10.1. The lowest BCUT2D eigenvalue weighted by molar-refractivity contribution is -0.137. The van der Waals surface area contributed by atoms with Crippen molar-refractivity contribution in [3.63, 3.8) is 0 Å². The number of fused-ring (bicyclic) bond motifs is 1. The summed E-state index contributed by atoms with van der Waals surface area (Å²) in [6.45, 7) is 0. The summed E-state index contributed by atoms with van der Waals surface area (Å²) in [5, 5.41) is 2.81. The first-order valence-electron chi connectivity index (χ1n) is 7.06. The van der Waals surface area contributed by atoms with Crippen molar-refractivity contribution in [2.45, 2.75) is 11.3 Å². The topological polar surface area (TPSA) is 46.4 Å². The van der Waals surface area contributed by atoms with E-state index in [0.717, 1.165) is 29.4 Å². The van der Waals surface area contributed by atoms with Gasteiger partial charge in [0.1, 0.15) is 0 Å². The largest absolute Gasteiger partial charge is 0.418 e. The van der Waals surface area contributed by atoms with Crippen LogP contribution in [0, 0.1) is 0 Å². The van der Waals surface area contributed by atoms with Crippen LogP contribution in [-0.4, -0.2) is 21.0 Å². The maximum Gasteiger partial charge on any atom is 0.418 e. The number of rotatable bonds is 4. The Morgan fingerprint density at radius 3 is 2.84 bits per heavy atom. The van der Waals surface area contributed by atoms with Crippen molar-refractivity contribution >= 4 is 40.5 Å². The number of hydrogen-bond donors (Lipinski definition) is 1. The third-order valence-electron chi connectivity index (χ3n) is 3.30. The van der Waals surface area contributed by atoms with Crippen LogP contribution in [0.25, 0.3) is 5.52 Å². The summed E-state index contributed by atoms with van der Waals surface area (Å²) in [4.78, 5) is 16.2. The number of thioether (sulfide) groups is 1. The fraction of sp³-hybridized carbons (Fsp3) is 0.125. The van der Waals surface area contributed by atoms with Gasteiger partial charge in [0.25, 0.3) is 0 Å². The molecule has 130 valence electrons. The van der Waals surface area contributed by atoms with Crippen LogP contribution < -0.4 is 5.32 Å². The molecule has 9 heteroatoms. The maximum absolute atomic E-state index is 13.0. The molecule has 0 radical (unpaired) electrons. The summed E-state index contributed by atoms with van der Waals surface area (Å²) < 4.78 is 40.9. The van der Waals surface area contributed by atoms with Crippen LogP contribution in [0.15, 0.2) is 53.9 Å². The molecule has 1 amide bonds. The van der Waals surface area contributed by atoms with Gasteiger partial charge < -0.3 is 5.32 Å². The number of hydrogen-bond acceptors (Lipinski definition) is 3. The van der Waals surface area contributed by atoms with E-state index in [1.165, 1.54) is 6.07 Å². The second-order valence-corrected chi connectivity index (χ2v) is 6.44. The van der Waals surface area contributed by atoms with Gasteiger partial charge in [0, 0.05) is 11.2 Å². The van der Waals surface area contributed by atoms with E-state index in [2.05, 4.69) is 10.3 Å². The molecule has 0 spiro atoms. The molecular formula is C16H11ClF3N3OS. The summed E-state index contributed by atoms with van der Waals surface area (Å²) in [6.07, 6.45) is -1.16. The van der Waals surface area contributed by atoms with E-state index < -0.39 is 17.6 Å². The number of alkyl halides is 3. The number of carbonyl (C=O) groups is 1. The molecule has 4 nitrogen and oxygen atoms in total. The van der Waals surface area contributed by atoms with Gasteiger partial charge in [0.2, 0.25) is 5.91 Å². The molecule has 2 aromatic heterocycles. The van der Waals surface area contributed by atoms with E-state index in [1.807, 2.05) is 18.2 Å². The predicted octanol–water partition coefficient (Wildman–Crippen LogP) is 4.74. The van der Waals surface area contributed by atoms with E-state index in [1.54, 1.807) is 16.8 Å². The number of benzene rings is 1. The Bertz CT molecular complexity index is 926. The van der Waals surface area contributed by atoms with Crippen LogP contribution in [0.4, 0.5) is 18.9 Å². The zero-order chi connectivity index (χ0) is 18.0. The van der Waals surface area contributed by atoms with E-state index >= 15 is 0 Å². The second-order valence-electron chi connectivity index (χ2n) is 5.06. The number of carbonyl (C=O) groups excluding carboxylic acids is 1. The zero-order valence-corrected chi connectivity index (χ0v) is 14.1. The number of aromatic nitrogens is 2. The molecule has 0 aliphatic carbocycles. The molecule has 3 rings (SSSR count). The highest BCUT2D eigenvalue weighted by atomic mass is 35.5. The number of amides is 1. The van der Waals surface area contributed by atoms with Gasteiger partial charge in [-0.25, -0.2) is 4.98 Å². The number of halogens is 4. The average molecular weight is 386 g/mol. The van der Waals surface area contributed by atoms with Crippen LogP contribution in [0.5, 0.6) is 0 Å². The number of nitrogens with one attached hydrogen (secondary N) is 1. The third kappa shape index (κ3) is 4.08. The van der Waals surface area contributed by atoms with E-state index in [4.69, 9.17) is 11.6 Å². The van der Waals surface area contributed by atoms with Gasteiger partial charge in [-0.2, -0.15) is 13.2 Å². The minimum Gasteiger partial charge on any atom is -0.325 e. The molecule has 0 aliphatic heterocycles. The Hall–Kier alpha value is -2.19. The summed E-state index contributed by atoms with van der Waals surface area (Å²) >= 11 is 6.75. The van der Waals surface area contributed by atoms with Crippen molar-refractivity contribution in [1.82, 2.24) is 9.38 Å². The first-order chi connectivity index (χ1) is 11.8. The third-order valence-corrected chi connectivity index (χ3v) is 4.50. The Labute approximate surface area is 150 Å². The van der Waals surface area contributed by atoms with Gasteiger partial charge in [-0.3, -0.25) is 9.20 Å². The van der Waals surface area contributed by atoms with Gasteiger partial charge >= 0.3 is 6.18 Å². The quantitative estimate of drug-likeness (QED) is 0.660. The first kappa shape index (κ1) is 17.6. The number of pyridine rings is 1. The molecule has 1 aromatic carbocycles. The summed E-state index contributed by atoms with van der Waals surface area (Å²) in [5.41, 5.74) is -0.442. The predicted molar refractivity (Wildman–Crippen MR) is 91.0 cm³/mol. The fourth-order valence-corrected chi connectivity index (χ4v) is 3.14. The van der Waals surface area contributed by atoms with E-state index in [0.29, 0.717) is 5.16 Å². The highest BCUT2D eigenvalue weighted by molar-refractivity contribution is 7.99. The lowest BCUT2D eigenvalue weighted by Gasteiger charge is -2.14. The minimum absolute atomic E-state index is 0.0523. The van der Waals surface area contributed by atoms with Crippen LogP contribution in [-0.2, 0) is 11.0 Å². The highest BCUT2D eigenvalue weighted by Crippen LogP contribution is 2.36. The standard InChI is InChI=1S/C16H11ClF3N3OS/c17-10-4-5-13(12(7-10)16(18,19)20)22-14(24)9-25-15-21-8-11-3-1-2-6-23(11)15/h1-8H,9H2,(H,22,24). The molecule has 0 bridgehead atoms. The van der Waals surface area contributed by atoms with Crippen molar-refractivity contribution in [2.75, 3.05) is 11.1 Å². The molecule has 0 saturated carbocycles. The Balaban J connectivity index is 1.71. The van der Waals surface area contributed by atoms with Crippen molar-refractivity contribution in [2.24, 2.45) is 0 Å². The lowest BCUT2D eigenvalue weighted by Crippen LogP contribution is -2.18. The van der Waals surface area contributed by atoms with Gasteiger partial charge in [-0.1, -0.05) is 29.4 Å². The monoisotopic (exact) mass is 385 g/mol. The molecule has 0 atom stereocenters. The molecule has 0 fully saturated rings. The van der Waals surface area contributed by atoms with Gasteiger partial charge in [0.05, 0.1) is 28.7 Å². The van der Waals surface area contributed by atoms with Crippen molar-refractivity contribution in [1.29, 1.82) is 0 Å². The second kappa shape index (κ2) is 6.97. The summed E-state index contributed by atoms with van der Waals surface area (Å²) in [7, 11) is 0. The number of nitrogens with zero attached hydrogens (tertiary/aromatic N) is 2. The first-order valence-corrected chi connectivity index (χ1v) is 8.42. The molecule has 3 aromatic rings. The van der Waals surface area contributed by atoms with Crippen LogP contribution in [0.1, 0.15) is 5.56 Å². The molecule has 0 saturated heterocycles. The summed E-state index contributed by atoms with van der Waals surface area (Å²) in [5.74, 6) is -0.640. The van der Waals surface area contributed by atoms with E-state index in [-0.39, 0.29) is 16.5 Å². The number of anilines is 1. The molecule has 25 heavy (non-hydrogen) atoms. The average Bonchev–Trinajstić information content (AvgIpc) is 2.97. The number of imidazole rings is 1. The zero-order valence-electron chi connectivity index (χ0n) is 12.5.